The summed E-state index contributed by atoms with van der Waals surface area (Å²) in [6, 6.07) is 4.64. The molecule has 1 aromatic heterocycles. The van der Waals surface area contributed by atoms with Gasteiger partial charge < -0.3 is 14.6 Å². The molecule has 3 rings (SSSR count). The van der Waals surface area contributed by atoms with Crippen LogP contribution < -0.4 is 5.32 Å². The number of anilines is 1. The number of carbonyl (C=O) groups is 1. The van der Waals surface area contributed by atoms with Crippen LogP contribution in [-0.2, 0) is 22.6 Å². The highest BCUT2D eigenvalue weighted by Crippen LogP contribution is 2.21. The Morgan fingerprint density at radius 1 is 1.33 bits per heavy atom. The molecular weight excluding hydrogens is 369 g/mol. The lowest BCUT2D eigenvalue weighted by atomic mass is 10.2. The number of aromatic nitrogens is 3. The molecule has 146 valence electrons. The van der Waals surface area contributed by atoms with Gasteiger partial charge in [-0.15, -0.1) is 10.2 Å². The number of hydrogen-bond donors (Lipinski definition) is 1. The number of nitrogens with zero attached hydrogens (tertiary/aromatic N) is 4. The number of rotatable bonds is 7. The Morgan fingerprint density at radius 2 is 2.11 bits per heavy atom. The second-order valence-electron chi connectivity index (χ2n) is 6.28. The van der Waals surface area contributed by atoms with Gasteiger partial charge in [-0.2, -0.15) is 0 Å². The van der Waals surface area contributed by atoms with Gasteiger partial charge in [0.05, 0.1) is 25.5 Å². The Labute approximate surface area is 162 Å². The summed E-state index contributed by atoms with van der Waals surface area (Å²) in [5, 5.41) is 12.0. The van der Waals surface area contributed by atoms with Crippen LogP contribution >= 0.6 is 11.8 Å². The molecule has 9 heteroatoms. The van der Waals surface area contributed by atoms with Crippen LogP contribution in [-0.4, -0.2) is 57.6 Å². The predicted molar refractivity (Wildman–Crippen MR) is 102 cm³/mol. The molecule has 1 saturated heterocycles. The summed E-state index contributed by atoms with van der Waals surface area (Å²) in [4.78, 5) is 14.5. The van der Waals surface area contributed by atoms with Crippen molar-refractivity contribution in [3.8, 4) is 0 Å². The number of morpholine rings is 1. The van der Waals surface area contributed by atoms with Crippen molar-refractivity contribution in [2.75, 3.05) is 37.4 Å². The fraction of sp³-hybridized carbons (Fsp3) is 0.500. The van der Waals surface area contributed by atoms with E-state index in [4.69, 9.17) is 4.74 Å². The van der Waals surface area contributed by atoms with Gasteiger partial charge in [0.25, 0.3) is 0 Å². The standard InChI is InChI=1S/C18H24FN5O2S/c1-3-24-16(11-23-7-9-26-10-8-23)21-22-18(24)27-12-17(25)20-15-6-4-5-14(19)13(15)2/h4-6H,3,7-12H2,1-2H3,(H,20,25). The van der Waals surface area contributed by atoms with E-state index in [9.17, 15) is 9.18 Å². The van der Waals surface area contributed by atoms with Crippen molar-refractivity contribution in [1.82, 2.24) is 19.7 Å². The number of hydrogen-bond acceptors (Lipinski definition) is 6. The maximum atomic E-state index is 13.6. The van der Waals surface area contributed by atoms with E-state index in [2.05, 4.69) is 20.4 Å². The summed E-state index contributed by atoms with van der Waals surface area (Å²) < 4.78 is 21.0. The largest absolute Gasteiger partial charge is 0.379 e. The Morgan fingerprint density at radius 3 is 2.85 bits per heavy atom. The SMILES string of the molecule is CCn1c(CN2CCOCC2)nnc1SCC(=O)Nc1cccc(F)c1C. The van der Waals surface area contributed by atoms with Crippen LogP contribution in [0.4, 0.5) is 10.1 Å². The van der Waals surface area contributed by atoms with E-state index < -0.39 is 0 Å². The van der Waals surface area contributed by atoms with Crippen LogP contribution in [0.25, 0.3) is 0 Å². The first-order valence-electron chi connectivity index (χ1n) is 8.98. The molecule has 0 saturated carbocycles. The van der Waals surface area contributed by atoms with Crippen LogP contribution in [0.1, 0.15) is 18.3 Å². The van der Waals surface area contributed by atoms with Gasteiger partial charge in [0.1, 0.15) is 11.6 Å². The smallest absolute Gasteiger partial charge is 0.234 e. The quantitative estimate of drug-likeness (QED) is 0.728. The fourth-order valence-corrected chi connectivity index (χ4v) is 3.70. The predicted octanol–water partition coefficient (Wildman–Crippen LogP) is 2.31. The van der Waals surface area contributed by atoms with Crippen LogP contribution in [0.15, 0.2) is 23.4 Å². The van der Waals surface area contributed by atoms with Crippen LogP contribution in [0, 0.1) is 12.7 Å². The maximum absolute atomic E-state index is 13.6. The van der Waals surface area contributed by atoms with Crippen molar-refractivity contribution >= 4 is 23.4 Å². The Hall–Kier alpha value is -1.97. The highest BCUT2D eigenvalue weighted by Gasteiger charge is 2.18. The second kappa shape index (κ2) is 9.29. The molecule has 0 unspecified atom stereocenters. The van der Waals surface area contributed by atoms with E-state index in [1.807, 2.05) is 11.5 Å². The number of halogens is 1. The van der Waals surface area contributed by atoms with Crippen molar-refractivity contribution in [2.24, 2.45) is 0 Å². The van der Waals surface area contributed by atoms with E-state index in [0.29, 0.717) is 16.4 Å². The first-order valence-corrected chi connectivity index (χ1v) is 9.97. The molecule has 1 amide bonds. The van der Waals surface area contributed by atoms with Crippen molar-refractivity contribution in [3.63, 3.8) is 0 Å². The number of ether oxygens (including phenoxy) is 1. The van der Waals surface area contributed by atoms with E-state index >= 15 is 0 Å². The zero-order chi connectivity index (χ0) is 19.2. The van der Waals surface area contributed by atoms with Gasteiger partial charge in [0, 0.05) is 30.9 Å². The topological polar surface area (TPSA) is 72.3 Å². The summed E-state index contributed by atoms with van der Waals surface area (Å²) in [5.41, 5.74) is 0.922. The van der Waals surface area contributed by atoms with Gasteiger partial charge >= 0.3 is 0 Å². The third-order valence-corrected chi connectivity index (χ3v) is 5.42. The normalized spacial score (nSPS) is 15.1. The minimum absolute atomic E-state index is 0.186. The average Bonchev–Trinajstić information content (AvgIpc) is 3.06. The first-order chi connectivity index (χ1) is 13.1. The summed E-state index contributed by atoms with van der Waals surface area (Å²) >= 11 is 1.33. The molecule has 27 heavy (non-hydrogen) atoms. The molecule has 0 atom stereocenters. The van der Waals surface area contributed by atoms with Crippen LogP contribution in [0.2, 0.25) is 0 Å². The fourth-order valence-electron chi connectivity index (χ4n) is 2.88. The maximum Gasteiger partial charge on any atom is 0.234 e. The van der Waals surface area contributed by atoms with Gasteiger partial charge in [-0.25, -0.2) is 4.39 Å². The number of thioether (sulfide) groups is 1. The lowest BCUT2D eigenvalue weighted by Crippen LogP contribution is -2.36. The van der Waals surface area contributed by atoms with Gasteiger partial charge in [-0.1, -0.05) is 17.8 Å². The van der Waals surface area contributed by atoms with Gasteiger partial charge in [0.2, 0.25) is 5.91 Å². The lowest BCUT2D eigenvalue weighted by Gasteiger charge is -2.26. The van der Waals surface area contributed by atoms with Crippen molar-refractivity contribution < 1.29 is 13.9 Å². The molecule has 1 aliphatic rings. The number of amides is 1. The Kier molecular flexibility index (Phi) is 6.81. The molecule has 1 aliphatic heterocycles. The highest BCUT2D eigenvalue weighted by molar-refractivity contribution is 7.99. The molecule has 2 aromatic rings. The molecule has 1 aromatic carbocycles. The molecule has 2 heterocycles. The van der Waals surface area contributed by atoms with E-state index in [1.165, 1.54) is 17.8 Å². The minimum atomic E-state index is -0.334. The zero-order valence-electron chi connectivity index (χ0n) is 15.6. The molecule has 0 bridgehead atoms. The van der Waals surface area contributed by atoms with Gasteiger partial charge in [-0.05, 0) is 26.0 Å². The number of carbonyl (C=O) groups excluding carboxylic acids is 1. The number of nitrogens with one attached hydrogen (secondary N) is 1. The summed E-state index contributed by atoms with van der Waals surface area (Å²) in [7, 11) is 0. The Balaban J connectivity index is 1.58. The molecule has 0 spiro atoms. The van der Waals surface area contributed by atoms with Crippen LogP contribution in [0.5, 0.6) is 0 Å². The van der Waals surface area contributed by atoms with Crippen LogP contribution in [0.3, 0.4) is 0 Å². The van der Waals surface area contributed by atoms with Gasteiger partial charge in [0.15, 0.2) is 5.16 Å². The molecule has 1 N–H and O–H groups in total. The lowest BCUT2D eigenvalue weighted by molar-refractivity contribution is -0.113. The average molecular weight is 393 g/mol. The van der Waals surface area contributed by atoms with E-state index in [1.54, 1.807) is 19.1 Å². The third kappa shape index (κ3) is 5.06. The number of benzene rings is 1. The highest BCUT2D eigenvalue weighted by atomic mass is 32.2. The first kappa shape index (κ1) is 19.8. The summed E-state index contributed by atoms with van der Waals surface area (Å²) in [5.74, 6) is 0.544. The minimum Gasteiger partial charge on any atom is -0.379 e. The molecular formula is C18H24FN5O2S. The van der Waals surface area contributed by atoms with E-state index in [0.717, 1.165) is 45.2 Å². The van der Waals surface area contributed by atoms with Gasteiger partial charge in [-0.3, -0.25) is 9.69 Å². The molecule has 0 aliphatic carbocycles. The molecule has 1 fully saturated rings. The summed E-state index contributed by atoms with van der Waals surface area (Å²) in [6.45, 7) is 8.38. The van der Waals surface area contributed by atoms with Crippen molar-refractivity contribution in [3.05, 3.63) is 35.4 Å². The molecule has 7 nitrogen and oxygen atoms in total. The van der Waals surface area contributed by atoms with Crippen molar-refractivity contribution in [1.29, 1.82) is 0 Å². The third-order valence-electron chi connectivity index (χ3n) is 4.45. The second-order valence-corrected chi connectivity index (χ2v) is 7.22. The summed E-state index contributed by atoms with van der Waals surface area (Å²) in [6.07, 6.45) is 0. The van der Waals surface area contributed by atoms with E-state index in [-0.39, 0.29) is 17.5 Å². The molecule has 0 radical (unpaired) electrons. The van der Waals surface area contributed by atoms with Crippen molar-refractivity contribution in [2.45, 2.75) is 32.1 Å². The zero-order valence-corrected chi connectivity index (χ0v) is 16.4. The monoisotopic (exact) mass is 393 g/mol. The Bertz CT molecular complexity index is 792.